The standard InChI is InChI=1S/C13H27N3O2/c1-5-14-13(16(4)6-2)12(10-17)15-9-7-8-11(3)18/h10-11,14-15,18H,5-9H2,1-4H3/b13-12+. The Bertz CT molecular complexity index is 265. The van der Waals surface area contributed by atoms with E-state index in [2.05, 4.69) is 10.6 Å². The van der Waals surface area contributed by atoms with E-state index in [1.54, 1.807) is 6.92 Å². The van der Waals surface area contributed by atoms with Gasteiger partial charge in [-0.25, -0.2) is 0 Å². The normalized spacial score (nSPS) is 13.6. The first-order valence-corrected chi connectivity index (χ1v) is 6.63. The Morgan fingerprint density at radius 1 is 1.39 bits per heavy atom. The first-order chi connectivity index (χ1) is 8.56. The van der Waals surface area contributed by atoms with Crippen molar-refractivity contribution in [3.63, 3.8) is 0 Å². The average molecular weight is 257 g/mol. The van der Waals surface area contributed by atoms with Crippen molar-refractivity contribution in [2.45, 2.75) is 39.7 Å². The molecule has 0 aromatic rings. The van der Waals surface area contributed by atoms with Crippen LogP contribution in [0.4, 0.5) is 0 Å². The monoisotopic (exact) mass is 257 g/mol. The number of nitrogens with zero attached hydrogens (tertiary/aromatic N) is 1. The van der Waals surface area contributed by atoms with Crippen molar-refractivity contribution in [1.82, 2.24) is 15.5 Å². The van der Waals surface area contributed by atoms with Crippen LogP contribution in [0.3, 0.4) is 0 Å². The number of aldehydes is 1. The van der Waals surface area contributed by atoms with Crippen molar-refractivity contribution in [3.8, 4) is 0 Å². The molecule has 0 aliphatic rings. The quantitative estimate of drug-likeness (QED) is 0.305. The predicted molar refractivity (Wildman–Crippen MR) is 74.0 cm³/mol. The molecular formula is C13H27N3O2. The molecule has 0 aromatic heterocycles. The van der Waals surface area contributed by atoms with Gasteiger partial charge in [-0.3, -0.25) is 4.79 Å². The summed E-state index contributed by atoms with van der Waals surface area (Å²) in [5, 5.41) is 15.5. The van der Waals surface area contributed by atoms with Gasteiger partial charge in [0.15, 0.2) is 6.29 Å². The van der Waals surface area contributed by atoms with Gasteiger partial charge in [-0.2, -0.15) is 0 Å². The molecule has 18 heavy (non-hydrogen) atoms. The van der Waals surface area contributed by atoms with Crippen LogP contribution in [0.15, 0.2) is 11.5 Å². The predicted octanol–water partition coefficient (Wildman–Crippen LogP) is 0.666. The first-order valence-electron chi connectivity index (χ1n) is 6.63. The van der Waals surface area contributed by atoms with Gasteiger partial charge in [0.1, 0.15) is 11.5 Å². The Morgan fingerprint density at radius 2 is 2.06 bits per heavy atom. The summed E-state index contributed by atoms with van der Waals surface area (Å²) in [6.07, 6.45) is 2.12. The van der Waals surface area contributed by atoms with E-state index in [1.807, 2.05) is 25.8 Å². The van der Waals surface area contributed by atoms with Crippen LogP contribution in [-0.4, -0.2) is 49.1 Å². The number of hydrogen-bond acceptors (Lipinski definition) is 5. The van der Waals surface area contributed by atoms with Gasteiger partial charge in [0, 0.05) is 26.7 Å². The lowest BCUT2D eigenvalue weighted by Crippen LogP contribution is -2.34. The summed E-state index contributed by atoms with van der Waals surface area (Å²) in [5.41, 5.74) is 0.576. The van der Waals surface area contributed by atoms with E-state index in [-0.39, 0.29) is 6.10 Å². The maximum absolute atomic E-state index is 11.1. The lowest BCUT2D eigenvalue weighted by atomic mass is 10.2. The fraction of sp³-hybridized carbons (Fsp3) is 0.769. The van der Waals surface area contributed by atoms with Gasteiger partial charge in [0.2, 0.25) is 0 Å². The zero-order valence-electron chi connectivity index (χ0n) is 12.0. The number of nitrogens with one attached hydrogen (secondary N) is 2. The molecule has 0 rings (SSSR count). The van der Waals surface area contributed by atoms with E-state index >= 15 is 0 Å². The second kappa shape index (κ2) is 9.76. The van der Waals surface area contributed by atoms with Gasteiger partial charge in [-0.1, -0.05) is 0 Å². The van der Waals surface area contributed by atoms with Crippen molar-refractivity contribution in [2.24, 2.45) is 0 Å². The molecule has 0 bridgehead atoms. The second-order valence-corrected chi connectivity index (χ2v) is 4.34. The second-order valence-electron chi connectivity index (χ2n) is 4.34. The van der Waals surface area contributed by atoms with Crippen LogP contribution in [0.5, 0.6) is 0 Å². The number of rotatable bonds is 10. The number of aliphatic hydroxyl groups is 1. The lowest BCUT2D eigenvalue weighted by molar-refractivity contribution is -0.105. The van der Waals surface area contributed by atoms with E-state index in [0.717, 1.165) is 38.0 Å². The molecule has 0 saturated heterocycles. The van der Waals surface area contributed by atoms with Crippen molar-refractivity contribution in [3.05, 3.63) is 11.5 Å². The Balaban J connectivity index is 4.49. The summed E-state index contributed by atoms with van der Waals surface area (Å²) in [7, 11) is 1.94. The molecule has 106 valence electrons. The molecule has 0 fully saturated rings. The average Bonchev–Trinajstić information content (AvgIpc) is 2.35. The maximum Gasteiger partial charge on any atom is 0.169 e. The molecule has 0 spiro atoms. The van der Waals surface area contributed by atoms with Crippen molar-refractivity contribution >= 4 is 6.29 Å². The van der Waals surface area contributed by atoms with E-state index in [9.17, 15) is 4.79 Å². The molecule has 0 aromatic carbocycles. The minimum atomic E-state index is -0.290. The minimum Gasteiger partial charge on any atom is -0.393 e. The van der Waals surface area contributed by atoms with Crippen LogP contribution in [0, 0.1) is 0 Å². The Labute approximate surface area is 110 Å². The smallest absolute Gasteiger partial charge is 0.169 e. The molecule has 1 unspecified atom stereocenters. The fourth-order valence-electron chi connectivity index (χ4n) is 1.56. The summed E-state index contributed by atoms with van der Waals surface area (Å²) in [6, 6.07) is 0. The van der Waals surface area contributed by atoms with Crippen LogP contribution in [0.25, 0.3) is 0 Å². The number of carbonyl (C=O) groups is 1. The molecule has 5 heteroatoms. The SMILES string of the molecule is CCN/C(=C(/C=O)NCCCC(C)O)N(C)CC. The molecule has 0 aliphatic carbocycles. The van der Waals surface area contributed by atoms with E-state index in [0.29, 0.717) is 12.2 Å². The zero-order valence-corrected chi connectivity index (χ0v) is 12.0. The van der Waals surface area contributed by atoms with Crippen LogP contribution in [0.2, 0.25) is 0 Å². The Kier molecular flexibility index (Phi) is 9.10. The highest BCUT2D eigenvalue weighted by molar-refractivity contribution is 5.73. The number of carbonyl (C=O) groups excluding carboxylic acids is 1. The highest BCUT2D eigenvalue weighted by atomic mass is 16.3. The summed E-state index contributed by atoms with van der Waals surface area (Å²) in [4.78, 5) is 13.1. The molecule has 0 saturated carbocycles. The van der Waals surface area contributed by atoms with E-state index in [4.69, 9.17) is 5.11 Å². The molecular weight excluding hydrogens is 230 g/mol. The van der Waals surface area contributed by atoms with Crippen LogP contribution in [0.1, 0.15) is 33.6 Å². The van der Waals surface area contributed by atoms with Gasteiger partial charge in [0.05, 0.1) is 6.10 Å². The van der Waals surface area contributed by atoms with Crippen LogP contribution >= 0.6 is 0 Å². The fourth-order valence-corrected chi connectivity index (χ4v) is 1.56. The summed E-state index contributed by atoms with van der Waals surface area (Å²) >= 11 is 0. The third-order valence-electron chi connectivity index (χ3n) is 2.69. The Morgan fingerprint density at radius 3 is 2.50 bits per heavy atom. The van der Waals surface area contributed by atoms with Gasteiger partial charge in [-0.15, -0.1) is 0 Å². The molecule has 3 N–H and O–H groups in total. The number of aliphatic hydroxyl groups excluding tert-OH is 1. The maximum atomic E-state index is 11.1. The van der Waals surface area contributed by atoms with E-state index in [1.165, 1.54) is 0 Å². The third-order valence-corrected chi connectivity index (χ3v) is 2.69. The largest absolute Gasteiger partial charge is 0.393 e. The third kappa shape index (κ3) is 6.49. The Hall–Kier alpha value is -1.23. The summed E-state index contributed by atoms with van der Waals surface area (Å²) in [5.74, 6) is 0.826. The molecule has 5 nitrogen and oxygen atoms in total. The molecule has 0 heterocycles. The lowest BCUT2D eigenvalue weighted by Gasteiger charge is -2.24. The minimum absolute atomic E-state index is 0.290. The van der Waals surface area contributed by atoms with Crippen LogP contribution in [-0.2, 0) is 4.79 Å². The molecule has 0 aliphatic heterocycles. The van der Waals surface area contributed by atoms with Gasteiger partial charge < -0.3 is 20.6 Å². The van der Waals surface area contributed by atoms with E-state index < -0.39 is 0 Å². The van der Waals surface area contributed by atoms with Crippen LogP contribution < -0.4 is 10.6 Å². The molecule has 1 atom stereocenters. The molecule has 0 radical (unpaired) electrons. The van der Waals surface area contributed by atoms with Crippen molar-refractivity contribution in [2.75, 3.05) is 26.7 Å². The highest BCUT2D eigenvalue weighted by Crippen LogP contribution is 2.02. The zero-order chi connectivity index (χ0) is 14.0. The topological polar surface area (TPSA) is 64.6 Å². The van der Waals surface area contributed by atoms with Gasteiger partial charge >= 0.3 is 0 Å². The highest BCUT2D eigenvalue weighted by Gasteiger charge is 2.09. The van der Waals surface area contributed by atoms with Gasteiger partial charge in [0.25, 0.3) is 0 Å². The number of allylic oxidation sites excluding steroid dienone is 1. The number of hydrogen-bond donors (Lipinski definition) is 3. The molecule has 0 amide bonds. The van der Waals surface area contributed by atoms with Crippen molar-refractivity contribution in [1.29, 1.82) is 0 Å². The van der Waals surface area contributed by atoms with Crippen molar-refractivity contribution < 1.29 is 9.90 Å². The van der Waals surface area contributed by atoms with Gasteiger partial charge in [-0.05, 0) is 33.6 Å². The first kappa shape index (κ1) is 16.8. The summed E-state index contributed by atoms with van der Waals surface area (Å²) in [6.45, 7) is 8.09. The summed E-state index contributed by atoms with van der Waals surface area (Å²) < 4.78 is 0.